The predicted molar refractivity (Wildman–Crippen MR) is 62.6 cm³/mol. The van der Waals surface area contributed by atoms with Gasteiger partial charge in [0, 0.05) is 12.6 Å². The van der Waals surface area contributed by atoms with E-state index < -0.39 is 16.8 Å². The number of amides is 1. The molecule has 0 saturated carbocycles. The topological polar surface area (TPSA) is 89.5 Å². The van der Waals surface area contributed by atoms with Gasteiger partial charge in [0.2, 0.25) is 5.91 Å². The average molecular weight is 253 g/mol. The van der Waals surface area contributed by atoms with Gasteiger partial charge in [-0.05, 0) is 18.9 Å². The predicted octanol–water partition coefficient (Wildman–Crippen LogP) is 1.19. The van der Waals surface area contributed by atoms with Crippen LogP contribution in [0.1, 0.15) is 12.8 Å². The van der Waals surface area contributed by atoms with E-state index in [9.17, 15) is 19.3 Å². The summed E-state index contributed by atoms with van der Waals surface area (Å²) in [6, 6.07) is 2.47. The molecule has 2 rings (SSSR count). The molecule has 1 aromatic rings. The molecule has 2 N–H and O–H groups in total. The summed E-state index contributed by atoms with van der Waals surface area (Å²) in [5, 5.41) is 10.6. The summed E-state index contributed by atoms with van der Waals surface area (Å²) in [6.07, 6.45) is 1.27. The van der Waals surface area contributed by atoms with Gasteiger partial charge < -0.3 is 10.6 Å². The number of nitro benzene ring substituents is 1. The minimum atomic E-state index is -0.744. The van der Waals surface area contributed by atoms with Gasteiger partial charge >= 0.3 is 0 Å². The van der Waals surface area contributed by atoms with E-state index in [1.165, 1.54) is 11.0 Å². The Morgan fingerprint density at radius 3 is 2.83 bits per heavy atom. The summed E-state index contributed by atoms with van der Waals surface area (Å²) in [7, 11) is 0. The third-order valence-corrected chi connectivity index (χ3v) is 2.87. The van der Waals surface area contributed by atoms with Gasteiger partial charge in [-0.15, -0.1) is 0 Å². The lowest BCUT2D eigenvalue weighted by atomic mass is 10.0. The van der Waals surface area contributed by atoms with Crippen LogP contribution in [0, 0.1) is 15.9 Å². The lowest BCUT2D eigenvalue weighted by Crippen LogP contribution is -2.48. The van der Waals surface area contributed by atoms with Crippen LogP contribution < -0.4 is 10.6 Å². The molecule has 0 bridgehead atoms. The van der Waals surface area contributed by atoms with Crippen LogP contribution in [0.4, 0.5) is 15.8 Å². The fraction of sp³-hybridized carbons (Fsp3) is 0.364. The van der Waals surface area contributed by atoms with E-state index in [0.29, 0.717) is 19.4 Å². The molecule has 0 spiro atoms. The zero-order chi connectivity index (χ0) is 13.3. The second kappa shape index (κ2) is 4.69. The van der Waals surface area contributed by atoms with E-state index in [1.54, 1.807) is 0 Å². The summed E-state index contributed by atoms with van der Waals surface area (Å²) >= 11 is 0. The zero-order valence-electron chi connectivity index (χ0n) is 9.51. The van der Waals surface area contributed by atoms with Crippen LogP contribution in [0.2, 0.25) is 0 Å². The molecular formula is C11H12FN3O3. The molecule has 1 aliphatic rings. The van der Waals surface area contributed by atoms with Crippen LogP contribution in [-0.2, 0) is 4.79 Å². The Hall–Kier alpha value is -2.02. The van der Waals surface area contributed by atoms with Gasteiger partial charge in [0.1, 0.15) is 5.82 Å². The van der Waals surface area contributed by atoms with Crippen molar-refractivity contribution in [3.63, 3.8) is 0 Å². The van der Waals surface area contributed by atoms with E-state index in [1.807, 2.05) is 0 Å². The number of nitro groups is 1. The van der Waals surface area contributed by atoms with Gasteiger partial charge in [0.25, 0.3) is 5.69 Å². The maximum absolute atomic E-state index is 13.3. The molecule has 1 atom stereocenters. The standard InChI is InChI=1S/C11H12FN3O3/c12-7-4-8(6-9(5-7)15(17)18)14-3-1-2-10(13)11(14)16/h4-6,10H,1-3,13H2. The largest absolute Gasteiger partial charge is 0.320 e. The number of rotatable bonds is 2. The first-order chi connectivity index (χ1) is 8.49. The molecule has 0 aromatic heterocycles. The van der Waals surface area contributed by atoms with Crippen molar-refractivity contribution in [1.82, 2.24) is 0 Å². The van der Waals surface area contributed by atoms with Gasteiger partial charge in [0.15, 0.2) is 0 Å². The Kier molecular flexibility index (Phi) is 3.24. The molecule has 6 nitrogen and oxygen atoms in total. The van der Waals surface area contributed by atoms with Crippen LogP contribution >= 0.6 is 0 Å². The third-order valence-electron chi connectivity index (χ3n) is 2.87. The summed E-state index contributed by atoms with van der Waals surface area (Å²) in [5.41, 5.74) is 5.43. The lowest BCUT2D eigenvalue weighted by Gasteiger charge is -2.30. The van der Waals surface area contributed by atoms with Crippen molar-refractivity contribution in [2.24, 2.45) is 5.73 Å². The number of anilines is 1. The normalized spacial score (nSPS) is 20.0. The van der Waals surface area contributed by atoms with E-state index in [0.717, 1.165) is 12.1 Å². The Bertz CT molecular complexity index is 506. The minimum absolute atomic E-state index is 0.182. The number of hydrogen-bond acceptors (Lipinski definition) is 4. The molecule has 18 heavy (non-hydrogen) atoms. The summed E-state index contributed by atoms with van der Waals surface area (Å²) in [5.74, 6) is -1.08. The number of nitrogens with two attached hydrogens (primary N) is 1. The van der Waals surface area contributed by atoms with E-state index in [2.05, 4.69) is 0 Å². The Balaban J connectivity index is 2.38. The molecule has 1 heterocycles. The van der Waals surface area contributed by atoms with E-state index in [-0.39, 0.29) is 17.3 Å². The molecule has 1 amide bonds. The first-order valence-corrected chi connectivity index (χ1v) is 5.51. The first kappa shape index (κ1) is 12.4. The highest BCUT2D eigenvalue weighted by Gasteiger charge is 2.28. The van der Waals surface area contributed by atoms with Crippen LogP contribution in [0.15, 0.2) is 18.2 Å². The van der Waals surface area contributed by atoms with Gasteiger partial charge in [-0.2, -0.15) is 0 Å². The lowest BCUT2D eigenvalue weighted by molar-refractivity contribution is -0.385. The van der Waals surface area contributed by atoms with Crippen LogP contribution in [0.25, 0.3) is 0 Å². The summed E-state index contributed by atoms with van der Waals surface area (Å²) in [6.45, 7) is 0.396. The second-order valence-electron chi connectivity index (χ2n) is 4.16. The van der Waals surface area contributed by atoms with Gasteiger partial charge in [-0.25, -0.2) is 4.39 Å². The highest BCUT2D eigenvalue weighted by Crippen LogP contribution is 2.26. The average Bonchev–Trinajstić information content (AvgIpc) is 2.31. The number of benzene rings is 1. The fourth-order valence-corrected chi connectivity index (χ4v) is 1.98. The SMILES string of the molecule is NC1CCCN(c2cc(F)cc([N+](=O)[O-])c2)C1=O. The summed E-state index contributed by atoms with van der Waals surface area (Å²) in [4.78, 5) is 23.1. The number of nitrogens with zero attached hydrogens (tertiary/aromatic N) is 2. The zero-order valence-corrected chi connectivity index (χ0v) is 9.51. The molecule has 1 aromatic carbocycles. The quantitative estimate of drug-likeness (QED) is 0.633. The van der Waals surface area contributed by atoms with Crippen LogP contribution in [0.3, 0.4) is 0 Å². The van der Waals surface area contributed by atoms with Gasteiger partial charge in [0.05, 0.1) is 22.7 Å². The molecule has 1 aliphatic heterocycles. The monoisotopic (exact) mass is 253 g/mol. The molecular weight excluding hydrogens is 241 g/mol. The second-order valence-corrected chi connectivity index (χ2v) is 4.16. The summed E-state index contributed by atoms with van der Waals surface area (Å²) < 4.78 is 13.3. The van der Waals surface area contributed by atoms with Crippen molar-refractivity contribution in [1.29, 1.82) is 0 Å². The van der Waals surface area contributed by atoms with Crippen molar-refractivity contribution in [3.05, 3.63) is 34.1 Å². The fourth-order valence-electron chi connectivity index (χ4n) is 1.98. The van der Waals surface area contributed by atoms with Crippen molar-refractivity contribution in [2.45, 2.75) is 18.9 Å². The molecule has 7 heteroatoms. The van der Waals surface area contributed by atoms with Crippen molar-refractivity contribution in [2.75, 3.05) is 11.4 Å². The smallest absolute Gasteiger partial charge is 0.274 e. The number of piperidine rings is 1. The molecule has 96 valence electrons. The Labute approximate surface area is 102 Å². The Morgan fingerprint density at radius 1 is 1.44 bits per heavy atom. The number of carbonyl (C=O) groups is 1. The van der Waals surface area contributed by atoms with Crippen molar-refractivity contribution >= 4 is 17.3 Å². The number of non-ortho nitro benzene ring substituents is 1. The third kappa shape index (κ3) is 2.30. The number of carbonyl (C=O) groups excluding carboxylic acids is 1. The van der Waals surface area contributed by atoms with Crippen LogP contribution in [-0.4, -0.2) is 23.4 Å². The maximum Gasteiger partial charge on any atom is 0.274 e. The van der Waals surface area contributed by atoms with Crippen molar-refractivity contribution < 1.29 is 14.1 Å². The van der Waals surface area contributed by atoms with E-state index >= 15 is 0 Å². The highest BCUT2D eigenvalue weighted by atomic mass is 19.1. The molecule has 1 fully saturated rings. The number of halogens is 1. The first-order valence-electron chi connectivity index (χ1n) is 5.51. The molecule has 0 aliphatic carbocycles. The van der Waals surface area contributed by atoms with Gasteiger partial charge in [-0.1, -0.05) is 0 Å². The molecule has 0 radical (unpaired) electrons. The highest BCUT2D eigenvalue weighted by molar-refractivity contribution is 5.98. The van der Waals surface area contributed by atoms with Crippen molar-refractivity contribution in [3.8, 4) is 0 Å². The maximum atomic E-state index is 13.3. The van der Waals surface area contributed by atoms with E-state index in [4.69, 9.17) is 5.73 Å². The Morgan fingerprint density at radius 2 is 2.17 bits per heavy atom. The molecule has 1 unspecified atom stereocenters. The minimum Gasteiger partial charge on any atom is -0.320 e. The number of hydrogen-bond donors (Lipinski definition) is 1. The molecule has 1 saturated heterocycles. The van der Waals surface area contributed by atoms with Gasteiger partial charge in [-0.3, -0.25) is 14.9 Å². The van der Waals surface area contributed by atoms with Crippen LogP contribution in [0.5, 0.6) is 0 Å².